The third-order valence-electron chi connectivity index (χ3n) is 5.72. The van der Waals surface area contributed by atoms with Gasteiger partial charge in [0.15, 0.2) is 5.58 Å². The van der Waals surface area contributed by atoms with Gasteiger partial charge in [-0.25, -0.2) is 9.97 Å². The van der Waals surface area contributed by atoms with Gasteiger partial charge in [-0.3, -0.25) is 4.68 Å². The van der Waals surface area contributed by atoms with Crippen LogP contribution in [0.15, 0.2) is 35.2 Å². The second-order valence-electron chi connectivity index (χ2n) is 7.47. The Labute approximate surface area is 171 Å². The number of aromatic nitrogens is 4. The van der Waals surface area contributed by atoms with Gasteiger partial charge in [0.1, 0.15) is 29.4 Å². The Hall–Kier alpha value is -2.90. The normalized spacial score (nSPS) is 17.9. The highest BCUT2D eigenvalue weighted by Crippen LogP contribution is 2.46. The summed E-state index contributed by atoms with van der Waals surface area (Å²) in [6.07, 6.45) is 4.72. The van der Waals surface area contributed by atoms with Gasteiger partial charge < -0.3 is 14.5 Å². The molecule has 4 aromatic rings. The van der Waals surface area contributed by atoms with E-state index in [0.29, 0.717) is 16.3 Å². The predicted octanol–water partition coefficient (Wildman–Crippen LogP) is 3.60. The Balaban J connectivity index is 1.47. The number of hydrogen-bond acceptors (Lipinski definition) is 6. The van der Waals surface area contributed by atoms with Crippen LogP contribution in [0.2, 0.25) is 5.02 Å². The zero-order valence-corrected chi connectivity index (χ0v) is 16.5. The highest BCUT2D eigenvalue weighted by atomic mass is 35.5. The van der Waals surface area contributed by atoms with Crippen LogP contribution in [-0.2, 0) is 26.4 Å². The third kappa shape index (κ3) is 2.58. The van der Waals surface area contributed by atoms with Crippen LogP contribution < -0.4 is 10.1 Å². The molecule has 0 saturated heterocycles. The molecule has 2 aliphatic heterocycles. The highest BCUT2D eigenvalue weighted by molar-refractivity contribution is 6.31. The van der Waals surface area contributed by atoms with E-state index in [1.165, 1.54) is 11.9 Å². The molecule has 1 N–H and O–H groups in total. The maximum Gasteiger partial charge on any atom is 0.178 e. The summed E-state index contributed by atoms with van der Waals surface area (Å²) in [7, 11) is 1.99. The minimum atomic E-state index is -0.114. The number of nitrogens with one attached hydrogen (secondary N) is 1. The Morgan fingerprint density at radius 3 is 3.14 bits per heavy atom. The number of hydrogen-bond donors (Lipinski definition) is 1. The summed E-state index contributed by atoms with van der Waals surface area (Å²) in [4.78, 5) is 8.73. The number of nitrogens with zero attached hydrogens (tertiary/aromatic N) is 4. The van der Waals surface area contributed by atoms with Crippen molar-refractivity contribution in [2.45, 2.75) is 25.5 Å². The van der Waals surface area contributed by atoms with Crippen LogP contribution in [0.3, 0.4) is 0 Å². The molecule has 29 heavy (non-hydrogen) atoms. The predicted molar refractivity (Wildman–Crippen MR) is 108 cm³/mol. The van der Waals surface area contributed by atoms with Crippen molar-refractivity contribution < 1.29 is 9.15 Å². The van der Waals surface area contributed by atoms with E-state index in [-0.39, 0.29) is 6.10 Å². The van der Waals surface area contributed by atoms with Gasteiger partial charge in [-0.05, 0) is 12.1 Å². The first-order valence-electron chi connectivity index (χ1n) is 9.62. The molecule has 5 heterocycles. The number of furan rings is 1. The van der Waals surface area contributed by atoms with E-state index >= 15 is 0 Å². The van der Waals surface area contributed by atoms with Crippen molar-refractivity contribution in [1.82, 2.24) is 25.1 Å². The first-order valence-corrected chi connectivity index (χ1v) is 10.00. The van der Waals surface area contributed by atoms with Gasteiger partial charge in [0.05, 0.1) is 17.7 Å². The number of fused-ring (bicyclic) bond motifs is 3. The number of aryl methyl sites for hydroxylation is 1. The lowest BCUT2D eigenvalue weighted by Gasteiger charge is -2.17. The van der Waals surface area contributed by atoms with Crippen molar-refractivity contribution in [3.63, 3.8) is 0 Å². The Bertz CT molecular complexity index is 1260. The second-order valence-corrected chi connectivity index (χ2v) is 7.91. The lowest BCUT2D eigenvalue weighted by molar-refractivity contribution is 0.226. The van der Waals surface area contributed by atoms with Crippen LogP contribution in [0.1, 0.15) is 28.6 Å². The van der Waals surface area contributed by atoms with E-state index < -0.39 is 0 Å². The molecule has 146 valence electrons. The largest absolute Gasteiger partial charge is 0.483 e. The monoisotopic (exact) mass is 407 g/mol. The number of ether oxygens (including phenoxy) is 1. The summed E-state index contributed by atoms with van der Waals surface area (Å²) >= 11 is 6.47. The van der Waals surface area contributed by atoms with E-state index in [0.717, 1.165) is 59.7 Å². The van der Waals surface area contributed by atoms with Crippen LogP contribution >= 0.6 is 11.6 Å². The summed E-state index contributed by atoms with van der Waals surface area (Å²) in [5.41, 5.74) is 7.49. The van der Waals surface area contributed by atoms with Crippen LogP contribution in [0.25, 0.3) is 22.4 Å². The third-order valence-corrected chi connectivity index (χ3v) is 5.93. The summed E-state index contributed by atoms with van der Waals surface area (Å²) in [5, 5.41) is 8.82. The minimum Gasteiger partial charge on any atom is -0.483 e. The molecule has 0 saturated carbocycles. The average Bonchev–Trinajstić information content (AvgIpc) is 3.42. The van der Waals surface area contributed by atoms with Gasteiger partial charge in [-0.15, -0.1) is 0 Å². The van der Waals surface area contributed by atoms with Crippen molar-refractivity contribution in [1.29, 1.82) is 0 Å². The van der Waals surface area contributed by atoms with Gasteiger partial charge in [0.2, 0.25) is 0 Å². The lowest BCUT2D eigenvalue weighted by atomic mass is 9.99. The molecule has 0 bridgehead atoms. The molecule has 8 heteroatoms. The van der Waals surface area contributed by atoms with Crippen LogP contribution in [0.5, 0.6) is 5.75 Å². The Morgan fingerprint density at radius 1 is 1.28 bits per heavy atom. The summed E-state index contributed by atoms with van der Waals surface area (Å²) in [5.74, 6) is 0.800. The summed E-state index contributed by atoms with van der Waals surface area (Å²) < 4.78 is 14.1. The van der Waals surface area contributed by atoms with Gasteiger partial charge in [0.25, 0.3) is 0 Å². The van der Waals surface area contributed by atoms with E-state index in [1.807, 2.05) is 29.9 Å². The summed E-state index contributed by atoms with van der Waals surface area (Å²) in [6.45, 7) is 1.78. The van der Waals surface area contributed by atoms with Crippen LogP contribution in [0, 0.1) is 0 Å². The van der Waals surface area contributed by atoms with E-state index in [9.17, 15) is 0 Å². The maximum absolute atomic E-state index is 6.51. The molecular formula is C21H18ClN5O2. The Kier molecular flexibility index (Phi) is 3.69. The summed E-state index contributed by atoms with van der Waals surface area (Å²) in [6, 6.07) is 5.68. The zero-order chi connectivity index (χ0) is 19.5. The van der Waals surface area contributed by atoms with Gasteiger partial charge in [-0.2, -0.15) is 5.10 Å². The van der Waals surface area contributed by atoms with E-state index in [4.69, 9.17) is 25.9 Å². The fourth-order valence-electron chi connectivity index (χ4n) is 4.49. The van der Waals surface area contributed by atoms with Crippen LogP contribution in [-0.4, -0.2) is 26.3 Å². The van der Waals surface area contributed by atoms with Crippen LogP contribution in [0.4, 0.5) is 0 Å². The fraction of sp³-hybridized carbons (Fsp3) is 0.286. The molecule has 1 aromatic carbocycles. The van der Waals surface area contributed by atoms with Crippen molar-refractivity contribution in [3.8, 4) is 17.0 Å². The average molecular weight is 408 g/mol. The minimum absolute atomic E-state index is 0.114. The quantitative estimate of drug-likeness (QED) is 0.547. The second kappa shape index (κ2) is 6.30. The number of halogens is 1. The molecule has 6 rings (SSSR count). The SMILES string of the molecule is Cn1nc2c(c1C1Cc3cc(Cl)cc(-c4ncnc5ccoc45)c3O1)CNCC2. The first kappa shape index (κ1) is 17.0. The number of rotatable bonds is 2. The molecule has 1 atom stereocenters. The van der Waals surface area contributed by atoms with Crippen molar-refractivity contribution in [2.75, 3.05) is 6.54 Å². The molecule has 0 aliphatic carbocycles. The Morgan fingerprint density at radius 2 is 2.21 bits per heavy atom. The van der Waals surface area contributed by atoms with Gasteiger partial charge in [-0.1, -0.05) is 11.6 Å². The molecule has 0 amide bonds. The molecule has 0 radical (unpaired) electrons. The van der Waals surface area contributed by atoms with Gasteiger partial charge >= 0.3 is 0 Å². The molecule has 1 unspecified atom stereocenters. The molecule has 3 aromatic heterocycles. The molecule has 0 spiro atoms. The van der Waals surface area contributed by atoms with E-state index in [2.05, 4.69) is 15.3 Å². The topological polar surface area (TPSA) is 78.0 Å². The smallest absolute Gasteiger partial charge is 0.178 e. The molecule has 2 aliphatic rings. The lowest BCUT2D eigenvalue weighted by Crippen LogP contribution is -2.24. The number of benzene rings is 1. The molecular weight excluding hydrogens is 390 g/mol. The van der Waals surface area contributed by atoms with Gasteiger partial charge in [0, 0.05) is 60.8 Å². The molecule has 0 fully saturated rings. The zero-order valence-electron chi connectivity index (χ0n) is 15.8. The van der Waals surface area contributed by atoms with E-state index in [1.54, 1.807) is 6.26 Å². The standard InChI is InChI=1S/C21H18ClN5O2/c1-27-19(14-9-23-4-2-15(14)26-27)17-7-11-6-12(22)8-13(20(11)29-17)18-21-16(3-5-28-21)24-10-25-18/h3,5-6,8,10,17,23H,2,4,7,9H2,1H3. The first-order chi connectivity index (χ1) is 14.2. The van der Waals surface area contributed by atoms with Crippen molar-refractivity contribution >= 4 is 22.7 Å². The highest BCUT2D eigenvalue weighted by Gasteiger charge is 2.34. The van der Waals surface area contributed by atoms with Crippen molar-refractivity contribution in [2.24, 2.45) is 7.05 Å². The maximum atomic E-state index is 6.51. The fourth-order valence-corrected chi connectivity index (χ4v) is 4.73. The van der Waals surface area contributed by atoms with Crippen molar-refractivity contribution in [3.05, 3.63) is 58.3 Å². The molecule has 7 nitrogen and oxygen atoms in total.